The standard InChI is InChI=1S/C20H33N7OS/c1-14-15(2)28-18(24-14)12-27-8-6-16(7-9-27)10-22-19(21-3)23-11-17-13-29-20(25-17)26(4)5/h13,16H,6-12H2,1-5H3,(H2,21,22,23). The van der Waals surface area contributed by atoms with Crippen molar-refractivity contribution in [3.05, 3.63) is 28.4 Å². The summed E-state index contributed by atoms with van der Waals surface area (Å²) >= 11 is 1.65. The maximum atomic E-state index is 5.72. The van der Waals surface area contributed by atoms with E-state index in [9.17, 15) is 0 Å². The molecule has 0 radical (unpaired) electrons. The molecule has 1 fully saturated rings. The van der Waals surface area contributed by atoms with Gasteiger partial charge >= 0.3 is 0 Å². The largest absolute Gasteiger partial charge is 0.444 e. The van der Waals surface area contributed by atoms with Crippen LogP contribution in [-0.2, 0) is 13.1 Å². The third kappa shape index (κ3) is 6.17. The Morgan fingerprint density at radius 1 is 1.28 bits per heavy atom. The summed E-state index contributed by atoms with van der Waals surface area (Å²) in [6.45, 7) is 8.54. The number of aromatic nitrogens is 2. The van der Waals surface area contributed by atoms with E-state index >= 15 is 0 Å². The second-order valence-electron chi connectivity index (χ2n) is 7.79. The van der Waals surface area contributed by atoms with Crippen LogP contribution in [0.25, 0.3) is 0 Å². The van der Waals surface area contributed by atoms with Crippen LogP contribution in [0, 0.1) is 19.8 Å². The molecule has 160 valence electrons. The quantitative estimate of drug-likeness (QED) is 0.527. The van der Waals surface area contributed by atoms with Crippen LogP contribution in [0.2, 0.25) is 0 Å². The molecule has 1 saturated heterocycles. The highest BCUT2D eigenvalue weighted by Gasteiger charge is 2.21. The summed E-state index contributed by atoms with van der Waals surface area (Å²) in [5.74, 6) is 3.24. The minimum Gasteiger partial charge on any atom is -0.444 e. The Hall–Kier alpha value is -2.13. The summed E-state index contributed by atoms with van der Waals surface area (Å²) < 4.78 is 5.72. The van der Waals surface area contributed by atoms with E-state index in [0.717, 1.165) is 60.3 Å². The lowest BCUT2D eigenvalue weighted by Crippen LogP contribution is -2.42. The van der Waals surface area contributed by atoms with Crippen molar-refractivity contribution >= 4 is 22.4 Å². The Morgan fingerprint density at radius 2 is 2.03 bits per heavy atom. The van der Waals surface area contributed by atoms with E-state index in [2.05, 4.69) is 35.9 Å². The molecule has 0 spiro atoms. The zero-order valence-corrected chi connectivity index (χ0v) is 19.0. The molecule has 2 aromatic rings. The summed E-state index contributed by atoms with van der Waals surface area (Å²) in [5, 5.41) is 9.93. The number of piperidine rings is 1. The number of thiazole rings is 1. The number of hydrogen-bond donors (Lipinski definition) is 2. The number of rotatable bonds is 7. The van der Waals surface area contributed by atoms with Gasteiger partial charge < -0.3 is 20.0 Å². The van der Waals surface area contributed by atoms with E-state index in [1.165, 1.54) is 12.8 Å². The lowest BCUT2D eigenvalue weighted by Gasteiger charge is -2.31. The number of aryl methyl sites for hydroxylation is 2. The van der Waals surface area contributed by atoms with E-state index in [1.807, 2.05) is 39.9 Å². The van der Waals surface area contributed by atoms with Gasteiger partial charge in [-0.25, -0.2) is 9.97 Å². The van der Waals surface area contributed by atoms with Gasteiger partial charge in [-0.1, -0.05) is 0 Å². The molecule has 3 rings (SSSR count). The molecule has 1 aliphatic rings. The van der Waals surface area contributed by atoms with Gasteiger partial charge in [0.2, 0.25) is 5.89 Å². The minimum atomic E-state index is 0.650. The fourth-order valence-electron chi connectivity index (χ4n) is 3.37. The number of guanidine groups is 1. The number of nitrogens with one attached hydrogen (secondary N) is 2. The van der Waals surface area contributed by atoms with Crippen molar-refractivity contribution in [2.45, 2.75) is 39.8 Å². The van der Waals surface area contributed by atoms with Gasteiger partial charge in [-0.2, -0.15) is 0 Å². The van der Waals surface area contributed by atoms with Crippen molar-refractivity contribution < 1.29 is 4.42 Å². The topological polar surface area (TPSA) is 81.8 Å². The van der Waals surface area contributed by atoms with Gasteiger partial charge in [0.05, 0.1) is 24.5 Å². The van der Waals surface area contributed by atoms with Gasteiger partial charge in [0.15, 0.2) is 11.1 Å². The van der Waals surface area contributed by atoms with Gasteiger partial charge in [-0.05, 0) is 45.7 Å². The summed E-state index contributed by atoms with van der Waals surface area (Å²) in [6.07, 6.45) is 2.34. The molecule has 29 heavy (non-hydrogen) atoms. The molecule has 0 saturated carbocycles. The predicted octanol–water partition coefficient (Wildman–Crippen LogP) is 2.39. The fourth-order valence-corrected chi connectivity index (χ4v) is 4.12. The van der Waals surface area contributed by atoms with Crippen molar-refractivity contribution in [2.24, 2.45) is 10.9 Å². The van der Waals surface area contributed by atoms with Crippen molar-refractivity contribution in [3.8, 4) is 0 Å². The molecule has 9 heteroatoms. The number of nitrogens with zero attached hydrogens (tertiary/aromatic N) is 5. The SMILES string of the molecule is CN=C(NCc1csc(N(C)C)n1)NCC1CCN(Cc2nc(C)c(C)o2)CC1. The lowest BCUT2D eigenvalue weighted by molar-refractivity contribution is 0.164. The first-order valence-electron chi connectivity index (χ1n) is 10.2. The second kappa shape index (κ2) is 10.1. The molecule has 0 aliphatic carbocycles. The number of oxazole rings is 1. The van der Waals surface area contributed by atoms with E-state index in [4.69, 9.17) is 4.42 Å². The molecule has 8 nitrogen and oxygen atoms in total. The molecular weight excluding hydrogens is 386 g/mol. The van der Waals surface area contributed by atoms with E-state index in [1.54, 1.807) is 11.3 Å². The van der Waals surface area contributed by atoms with Crippen molar-refractivity contribution in [2.75, 3.05) is 45.7 Å². The summed E-state index contributed by atoms with van der Waals surface area (Å²) in [5.41, 5.74) is 2.03. The maximum Gasteiger partial charge on any atom is 0.208 e. The highest BCUT2D eigenvalue weighted by Crippen LogP contribution is 2.19. The first kappa shape index (κ1) is 21.6. The fraction of sp³-hybridized carbons (Fsp3) is 0.650. The van der Waals surface area contributed by atoms with Crippen LogP contribution in [0.3, 0.4) is 0 Å². The first-order valence-corrected chi connectivity index (χ1v) is 11.0. The van der Waals surface area contributed by atoms with Crippen LogP contribution < -0.4 is 15.5 Å². The molecule has 0 atom stereocenters. The Balaban J connectivity index is 1.37. The molecule has 0 bridgehead atoms. The van der Waals surface area contributed by atoms with Crippen LogP contribution in [0.4, 0.5) is 5.13 Å². The number of aliphatic imine (C=N–C) groups is 1. The Morgan fingerprint density at radius 3 is 2.62 bits per heavy atom. The van der Waals surface area contributed by atoms with Gasteiger partial charge in [-0.15, -0.1) is 11.3 Å². The maximum absolute atomic E-state index is 5.72. The summed E-state index contributed by atoms with van der Waals surface area (Å²) in [7, 11) is 5.83. The third-order valence-corrected chi connectivity index (χ3v) is 6.34. The van der Waals surface area contributed by atoms with Gasteiger partial charge in [-0.3, -0.25) is 9.89 Å². The zero-order valence-electron chi connectivity index (χ0n) is 18.2. The minimum absolute atomic E-state index is 0.650. The average molecular weight is 420 g/mol. The highest BCUT2D eigenvalue weighted by molar-refractivity contribution is 7.13. The first-order chi connectivity index (χ1) is 13.9. The second-order valence-corrected chi connectivity index (χ2v) is 8.63. The van der Waals surface area contributed by atoms with E-state index in [0.29, 0.717) is 12.5 Å². The summed E-state index contributed by atoms with van der Waals surface area (Å²) in [6, 6.07) is 0. The number of hydrogen-bond acceptors (Lipinski definition) is 7. The molecule has 0 aromatic carbocycles. The van der Waals surface area contributed by atoms with Crippen molar-refractivity contribution in [1.82, 2.24) is 25.5 Å². The smallest absolute Gasteiger partial charge is 0.208 e. The molecule has 0 amide bonds. The third-order valence-electron chi connectivity index (χ3n) is 5.28. The Kier molecular flexibility index (Phi) is 7.49. The van der Waals surface area contributed by atoms with Crippen LogP contribution in [0.15, 0.2) is 14.8 Å². The molecule has 3 heterocycles. The van der Waals surface area contributed by atoms with Crippen molar-refractivity contribution in [1.29, 1.82) is 0 Å². The van der Waals surface area contributed by atoms with Crippen molar-refractivity contribution in [3.63, 3.8) is 0 Å². The normalized spacial score (nSPS) is 16.2. The van der Waals surface area contributed by atoms with Crippen LogP contribution in [0.1, 0.15) is 35.9 Å². The highest BCUT2D eigenvalue weighted by atomic mass is 32.1. The zero-order chi connectivity index (χ0) is 20.8. The van der Waals surface area contributed by atoms with Crippen LogP contribution in [-0.4, -0.2) is 61.6 Å². The molecule has 0 unspecified atom stereocenters. The van der Waals surface area contributed by atoms with E-state index < -0.39 is 0 Å². The molecule has 2 N–H and O–H groups in total. The van der Waals surface area contributed by atoms with Crippen LogP contribution in [0.5, 0.6) is 0 Å². The van der Waals surface area contributed by atoms with Gasteiger partial charge in [0.25, 0.3) is 0 Å². The summed E-state index contributed by atoms with van der Waals surface area (Å²) in [4.78, 5) is 17.9. The van der Waals surface area contributed by atoms with Gasteiger partial charge in [0, 0.05) is 33.1 Å². The number of likely N-dealkylation sites (tertiary alicyclic amines) is 1. The lowest BCUT2D eigenvalue weighted by atomic mass is 9.97. The Bertz CT molecular complexity index is 786. The monoisotopic (exact) mass is 419 g/mol. The van der Waals surface area contributed by atoms with E-state index in [-0.39, 0.29) is 0 Å². The molecule has 2 aromatic heterocycles. The number of anilines is 1. The van der Waals surface area contributed by atoms with Crippen LogP contribution >= 0.6 is 11.3 Å². The molecular formula is C20H33N7OS. The molecule has 1 aliphatic heterocycles. The van der Waals surface area contributed by atoms with Gasteiger partial charge in [0.1, 0.15) is 5.76 Å². The Labute approximate surface area is 177 Å². The predicted molar refractivity (Wildman–Crippen MR) is 119 cm³/mol. The average Bonchev–Trinajstić information content (AvgIpc) is 3.30.